The molecule has 1 heterocycles. The summed E-state index contributed by atoms with van der Waals surface area (Å²) in [6, 6.07) is 21.1. The fourth-order valence-electron chi connectivity index (χ4n) is 3.70. The number of aromatic nitrogens is 2. The number of ether oxygens (including phenoxy) is 2. The lowest BCUT2D eigenvalue weighted by molar-refractivity contribution is 0.0943. The van der Waals surface area contributed by atoms with Gasteiger partial charge in [-0.25, -0.2) is 9.97 Å². The summed E-state index contributed by atoms with van der Waals surface area (Å²) in [5.74, 6) is 1.48. The van der Waals surface area contributed by atoms with Gasteiger partial charge >= 0.3 is 0 Å². The third-order valence-corrected chi connectivity index (χ3v) is 5.22. The van der Waals surface area contributed by atoms with E-state index < -0.39 is 0 Å². The number of carbonyl (C=O) groups is 1. The second kappa shape index (κ2) is 10.3. The quantitative estimate of drug-likeness (QED) is 0.358. The Balaban J connectivity index is 1.84. The zero-order valence-corrected chi connectivity index (χ0v) is 20.0. The number of carbonyl (C=O) groups excluding carboxylic acids is 1. The Bertz CT molecular complexity index is 1280. The van der Waals surface area contributed by atoms with Crippen LogP contribution in [0.1, 0.15) is 38.1 Å². The van der Waals surface area contributed by atoms with E-state index in [-0.39, 0.29) is 11.9 Å². The Hall–Kier alpha value is -3.93. The molecule has 0 unspecified atom stereocenters. The monoisotopic (exact) mass is 455 g/mol. The Morgan fingerprint density at radius 3 is 1.74 bits per heavy atom. The SMILES string of the molecule is CCOc1ccc(-c2nc3ccc(C(=O)NC(C)C)cc3nc2-c2ccc(OCC)cc2)cc1. The number of nitrogens with zero attached hydrogens (tertiary/aromatic N) is 2. The van der Waals surface area contributed by atoms with Gasteiger partial charge in [-0.05, 0) is 94.4 Å². The van der Waals surface area contributed by atoms with Crippen molar-refractivity contribution in [3.63, 3.8) is 0 Å². The van der Waals surface area contributed by atoms with Crippen LogP contribution in [0, 0.1) is 0 Å². The molecule has 0 saturated carbocycles. The van der Waals surface area contributed by atoms with Crippen LogP contribution in [0.2, 0.25) is 0 Å². The molecule has 0 aliphatic heterocycles. The van der Waals surface area contributed by atoms with Crippen LogP contribution in [-0.2, 0) is 0 Å². The van der Waals surface area contributed by atoms with E-state index in [4.69, 9.17) is 19.4 Å². The van der Waals surface area contributed by atoms with E-state index in [1.807, 2.05) is 82.3 Å². The van der Waals surface area contributed by atoms with E-state index in [9.17, 15) is 4.79 Å². The van der Waals surface area contributed by atoms with Crippen LogP contribution in [0.25, 0.3) is 33.5 Å². The van der Waals surface area contributed by atoms with Crippen molar-refractivity contribution in [2.45, 2.75) is 33.7 Å². The number of fused-ring (bicyclic) bond motifs is 1. The maximum absolute atomic E-state index is 12.5. The third-order valence-electron chi connectivity index (χ3n) is 5.22. The summed E-state index contributed by atoms with van der Waals surface area (Å²) in [7, 11) is 0. The minimum Gasteiger partial charge on any atom is -0.494 e. The molecule has 0 bridgehead atoms. The van der Waals surface area contributed by atoms with Gasteiger partial charge in [-0.15, -0.1) is 0 Å². The van der Waals surface area contributed by atoms with Gasteiger partial charge in [0.15, 0.2) is 0 Å². The molecule has 1 amide bonds. The van der Waals surface area contributed by atoms with Gasteiger partial charge in [0.05, 0.1) is 35.6 Å². The number of hydrogen-bond acceptors (Lipinski definition) is 5. The first-order valence-electron chi connectivity index (χ1n) is 11.6. The molecule has 6 heteroatoms. The van der Waals surface area contributed by atoms with E-state index >= 15 is 0 Å². The fourth-order valence-corrected chi connectivity index (χ4v) is 3.70. The van der Waals surface area contributed by atoms with Crippen molar-refractivity contribution in [2.75, 3.05) is 13.2 Å². The number of rotatable bonds is 8. The van der Waals surface area contributed by atoms with Crippen molar-refractivity contribution in [3.8, 4) is 34.0 Å². The van der Waals surface area contributed by atoms with E-state index in [2.05, 4.69) is 5.32 Å². The molecule has 0 radical (unpaired) electrons. The van der Waals surface area contributed by atoms with Crippen LogP contribution < -0.4 is 14.8 Å². The molecule has 34 heavy (non-hydrogen) atoms. The predicted molar refractivity (Wildman–Crippen MR) is 135 cm³/mol. The van der Waals surface area contributed by atoms with Crippen LogP contribution in [0.5, 0.6) is 11.5 Å². The highest BCUT2D eigenvalue weighted by Gasteiger charge is 2.16. The second-order valence-electron chi connectivity index (χ2n) is 8.17. The van der Waals surface area contributed by atoms with Gasteiger partial charge in [-0.1, -0.05) is 0 Å². The first kappa shape index (κ1) is 23.2. The van der Waals surface area contributed by atoms with Gasteiger partial charge < -0.3 is 14.8 Å². The minimum absolute atomic E-state index is 0.0516. The summed E-state index contributed by atoms with van der Waals surface area (Å²) in [6.45, 7) is 9.01. The van der Waals surface area contributed by atoms with Crippen molar-refractivity contribution >= 4 is 16.9 Å². The van der Waals surface area contributed by atoms with Crippen molar-refractivity contribution in [3.05, 3.63) is 72.3 Å². The Morgan fingerprint density at radius 2 is 1.26 bits per heavy atom. The zero-order chi connectivity index (χ0) is 24.1. The summed E-state index contributed by atoms with van der Waals surface area (Å²) >= 11 is 0. The molecule has 0 atom stereocenters. The molecule has 174 valence electrons. The lowest BCUT2D eigenvalue weighted by Gasteiger charge is -2.13. The summed E-state index contributed by atoms with van der Waals surface area (Å²) in [4.78, 5) is 22.5. The van der Waals surface area contributed by atoms with Crippen molar-refractivity contribution in [2.24, 2.45) is 0 Å². The highest BCUT2D eigenvalue weighted by molar-refractivity contribution is 5.98. The molecule has 6 nitrogen and oxygen atoms in total. The van der Waals surface area contributed by atoms with Gasteiger partial charge in [0.1, 0.15) is 11.5 Å². The van der Waals surface area contributed by atoms with Gasteiger partial charge in [0.25, 0.3) is 5.91 Å². The average Bonchev–Trinajstić information content (AvgIpc) is 2.84. The fraction of sp³-hybridized carbons (Fsp3) is 0.250. The van der Waals surface area contributed by atoms with E-state index in [0.717, 1.165) is 39.5 Å². The average molecular weight is 456 g/mol. The zero-order valence-electron chi connectivity index (χ0n) is 20.0. The Kier molecular flexibility index (Phi) is 7.07. The Labute approximate surface area is 200 Å². The number of nitrogens with one attached hydrogen (secondary N) is 1. The third kappa shape index (κ3) is 5.17. The number of hydrogen-bond donors (Lipinski definition) is 1. The molecule has 0 saturated heterocycles. The van der Waals surface area contributed by atoms with Crippen molar-refractivity contribution in [1.29, 1.82) is 0 Å². The molecule has 0 fully saturated rings. The standard InChI is InChI=1S/C28H29N3O3/c1-5-33-22-12-7-19(8-13-22)26-27(20-9-14-23(15-10-20)34-6-2)31-25-17-21(11-16-24(25)30-26)28(32)29-18(3)4/h7-18H,5-6H2,1-4H3,(H,29,32). The van der Waals surface area contributed by atoms with Crippen LogP contribution >= 0.6 is 0 Å². The number of amides is 1. The summed E-state index contributed by atoms with van der Waals surface area (Å²) in [5.41, 5.74) is 5.29. The van der Waals surface area contributed by atoms with Crippen LogP contribution in [-0.4, -0.2) is 35.1 Å². The maximum atomic E-state index is 12.5. The minimum atomic E-state index is -0.128. The molecule has 0 aliphatic carbocycles. The number of benzene rings is 3. The molecular formula is C28H29N3O3. The van der Waals surface area contributed by atoms with E-state index in [1.54, 1.807) is 12.1 Å². The summed E-state index contributed by atoms with van der Waals surface area (Å²) < 4.78 is 11.2. The summed E-state index contributed by atoms with van der Waals surface area (Å²) in [5, 5.41) is 2.93. The highest BCUT2D eigenvalue weighted by atomic mass is 16.5. The first-order valence-corrected chi connectivity index (χ1v) is 11.6. The van der Waals surface area contributed by atoms with Gasteiger partial charge in [0, 0.05) is 22.7 Å². The van der Waals surface area contributed by atoms with Gasteiger partial charge in [-0.2, -0.15) is 0 Å². The molecule has 4 rings (SSSR count). The van der Waals surface area contributed by atoms with Gasteiger partial charge in [0.2, 0.25) is 0 Å². The van der Waals surface area contributed by atoms with Crippen LogP contribution in [0.4, 0.5) is 0 Å². The lowest BCUT2D eigenvalue weighted by Crippen LogP contribution is -2.30. The topological polar surface area (TPSA) is 73.3 Å². The van der Waals surface area contributed by atoms with E-state index in [1.165, 1.54) is 0 Å². The summed E-state index contributed by atoms with van der Waals surface area (Å²) in [6.07, 6.45) is 0. The molecule has 0 aliphatic rings. The van der Waals surface area contributed by atoms with E-state index in [0.29, 0.717) is 24.3 Å². The molecule has 1 aromatic heterocycles. The molecule has 0 spiro atoms. The predicted octanol–water partition coefficient (Wildman–Crippen LogP) is 5.90. The maximum Gasteiger partial charge on any atom is 0.251 e. The molecule has 4 aromatic rings. The van der Waals surface area contributed by atoms with Gasteiger partial charge in [-0.3, -0.25) is 4.79 Å². The molecule has 1 N–H and O–H groups in total. The Morgan fingerprint density at radius 1 is 0.765 bits per heavy atom. The van der Waals surface area contributed by atoms with Crippen molar-refractivity contribution < 1.29 is 14.3 Å². The highest BCUT2D eigenvalue weighted by Crippen LogP contribution is 2.33. The largest absolute Gasteiger partial charge is 0.494 e. The molecular weight excluding hydrogens is 426 g/mol. The smallest absolute Gasteiger partial charge is 0.251 e. The second-order valence-corrected chi connectivity index (χ2v) is 8.17. The lowest BCUT2D eigenvalue weighted by atomic mass is 10.0. The van der Waals surface area contributed by atoms with Crippen LogP contribution in [0.3, 0.4) is 0 Å². The van der Waals surface area contributed by atoms with Crippen LogP contribution in [0.15, 0.2) is 66.7 Å². The first-order chi connectivity index (χ1) is 16.5. The normalized spacial score (nSPS) is 11.0. The molecule has 3 aromatic carbocycles. The van der Waals surface area contributed by atoms with Crippen molar-refractivity contribution in [1.82, 2.24) is 15.3 Å².